The molecule has 54 heavy (non-hydrogen) atoms. The Morgan fingerprint density at radius 1 is 0.296 bits per heavy atom. The summed E-state index contributed by atoms with van der Waals surface area (Å²) in [5, 5.41) is 12.3. The van der Waals surface area contributed by atoms with Crippen LogP contribution >= 0.6 is 0 Å². The molecule has 0 aliphatic rings. The zero-order valence-electron chi connectivity index (χ0n) is 29.4. The van der Waals surface area contributed by atoms with Crippen LogP contribution in [0.5, 0.6) is 0 Å². The minimum absolute atomic E-state index is 0.909. The molecule has 0 amide bonds. The average Bonchev–Trinajstić information content (AvgIpc) is 3.63. The van der Waals surface area contributed by atoms with Crippen molar-refractivity contribution in [1.82, 2.24) is 0 Å². The first-order chi connectivity index (χ1) is 26.7. The molecule has 0 spiro atoms. The molecule has 0 N–H and O–H groups in total. The predicted molar refractivity (Wildman–Crippen MR) is 229 cm³/mol. The van der Waals surface area contributed by atoms with Crippen LogP contribution in [0.4, 0.5) is 17.1 Å². The topological polar surface area (TPSA) is 16.4 Å². The highest BCUT2D eigenvalue weighted by Crippen LogP contribution is 2.41. The Kier molecular flexibility index (Phi) is 6.90. The summed E-state index contributed by atoms with van der Waals surface area (Å²) in [6, 6.07) is 72.4. The molecule has 0 aliphatic heterocycles. The number of furan rings is 1. The number of para-hydroxylation sites is 2. The smallest absolute Gasteiger partial charge is 0.143 e. The molecule has 10 aromatic carbocycles. The van der Waals surface area contributed by atoms with Crippen LogP contribution in [-0.2, 0) is 0 Å². The van der Waals surface area contributed by atoms with Gasteiger partial charge in [-0.05, 0) is 108 Å². The van der Waals surface area contributed by atoms with Crippen molar-refractivity contribution >= 4 is 82.1 Å². The fraction of sp³-hybridized carbons (Fsp3) is 0. The lowest BCUT2D eigenvalue weighted by atomic mass is 9.97. The molecule has 252 valence electrons. The van der Waals surface area contributed by atoms with Gasteiger partial charge in [-0.25, -0.2) is 0 Å². The van der Waals surface area contributed by atoms with E-state index < -0.39 is 0 Å². The number of hydrogen-bond donors (Lipinski definition) is 0. The van der Waals surface area contributed by atoms with E-state index in [1.165, 1.54) is 54.2 Å². The van der Waals surface area contributed by atoms with Gasteiger partial charge in [0.15, 0.2) is 0 Å². The Hall–Kier alpha value is -7.16. The first-order valence-corrected chi connectivity index (χ1v) is 18.5. The van der Waals surface area contributed by atoms with Crippen LogP contribution in [0, 0.1) is 0 Å². The normalized spacial score (nSPS) is 11.7. The van der Waals surface area contributed by atoms with Gasteiger partial charge in [0.1, 0.15) is 11.2 Å². The Labute approximate surface area is 312 Å². The number of benzene rings is 10. The third-order valence-corrected chi connectivity index (χ3v) is 11.0. The van der Waals surface area contributed by atoms with Crippen LogP contribution < -0.4 is 4.90 Å². The Morgan fingerprint density at radius 2 is 0.815 bits per heavy atom. The van der Waals surface area contributed by atoms with Gasteiger partial charge in [-0.1, -0.05) is 152 Å². The number of rotatable bonds is 5. The second kappa shape index (κ2) is 12.2. The van der Waals surface area contributed by atoms with Crippen molar-refractivity contribution in [2.24, 2.45) is 0 Å². The van der Waals surface area contributed by atoms with E-state index in [0.717, 1.165) is 50.1 Å². The molecule has 0 saturated carbocycles. The minimum atomic E-state index is 0.909. The maximum absolute atomic E-state index is 6.41. The molecular weight excluding hydrogens is 655 g/mol. The molecule has 0 atom stereocenters. The summed E-state index contributed by atoms with van der Waals surface area (Å²) in [6.45, 7) is 0. The van der Waals surface area contributed by atoms with Gasteiger partial charge in [-0.15, -0.1) is 0 Å². The summed E-state index contributed by atoms with van der Waals surface area (Å²) < 4.78 is 6.41. The largest absolute Gasteiger partial charge is 0.455 e. The molecule has 11 aromatic rings. The maximum Gasteiger partial charge on any atom is 0.143 e. The van der Waals surface area contributed by atoms with Gasteiger partial charge in [0.05, 0.1) is 0 Å². The van der Waals surface area contributed by atoms with Crippen molar-refractivity contribution in [3.63, 3.8) is 0 Å². The van der Waals surface area contributed by atoms with E-state index in [0.29, 0.717) is 0 Å². The first-order valence-electron chi connectivity index (χ1n) is 18.5. The average molecular weight is 688 g/mol. The SMILES string of the molecule is c1ccc2c(c1)ccc1cc(-c3ccc(N(c4ccc(-c5cccc6c5oc5ccccc56)cc4)c4ccc5ccc6ccccc6c5c4)cc3)ccc12. The minimum Gasteiger partial charge on any atom is -0.455 e. The maximum atomic E-state index is 6.41. The number of hydrogen-bond acceptors (Lipinski definition) is 2. The van der Waals surface area contributed by atoms with E-state index >= 15 is 0 Å². The van der Waals surface area contributed by atoms with Crippen LogP contribution in [0.15, 0.2) is 205 Å². The highest BCUT2D eigenvalue weighted by atomic mass is 16.3. The molecule has 1 aromatic heterocycles. The van der Waals surface area contributed by atoms with Crippen molar-refractivity contribution in [1.29, 1.82) is 0 Å². The van der Waals surface area contributed by atoms with Gasteiger partial charge in [0.2, 0.25) is 0 Å². The van der Waals surface area contributed by atoms with E-state index in [1.807, 2.05) is 12.1 Å². The summed E-state index contributed by atoms with van der Waals surface area (Å²) in [7, 11) is 0. The zero-order chi connectivity index (χ0) is 35.6. The molecule has 1 heterocycles. The van der Waals surface area contributed by atoms with Crippen molar-refractivity contribution < 1.29 is 4.42 Å². The van der Waals surface area contributed by atoms with Gasteiger partial charge in [0.25, 0.3) is 0 Å². The van der Waals surface area contributed by atoms with Gasteiger partial charge in [-0.2, -0.15) is 0 Å². The molecule has 0 radical (unpaired) electrons. The highest BCUT2D eigenvalue weighted by molar-refractivity contribution is 6.11. The van der Waals surface area contributed by atoms with Crippen LogP contribution in [-0.4, -0.2) is 0 Å². The number of fused-ring (bicyclic) bond motifs is 9. The summed E-state index contributed by atoms with van der Waals surface area (Å²) in [5.74, 6) is 0. The summed E-state index contributed by atoms with van der Waals surface area (Å²) in [5.41, 5.74) is 9.71. The van der Waals surface area contributed by atoms with Crippen LogP contribution in [0.25, 0.3) is 87.3 Å². The monoisotopic (exact) mass is 687 g/mol. The summed E-state index contributed by atoms with van der Waals surface area (Å²) in [6.07, 6.45) is 0. The van der Waals surface area contributed by atoms with Crippen molar-refractivity contribution in [3.8, 4) is 22.3 Å². The molecule has 0 unspecified atom stereocenters. The lowest BCUT2D eigenvalue weighted by molar-refractivity contribution is 0.670. The van der Waals surface area contributed by atoms with E-state index in [-0.39, 0.29) is 0 Å². The number of nitrogens with zero attached hydrogens (tertiary/aromatic N) is 1. The summed E-state index contributed by atoms with van der Waals surface area (Å²) >= 11 is 0. The number of anilines is 3. The van der Waals surface area contributed by atoms with Gasteiger partial charge in [0, 0.05) is 33.4 Å². The Bertz CT molecular complexity index is 3210. The molecule has 0 fully saturated rings. The fourth-order valence-electron chi connectivity index (χ4n) is 8.34. The molecular formula is C52H33NO. The predicted octanol–water partition coefficient (Wildman–Crippen LogP) is 15.0. The van der Waals surface area contributed by atoms with E-state index in [9.17, 15) is 0 Å². The molecule has 0 aliphatic carbocycles. The fourth-order valence-corrected chi connectivity index (χ4v) is 8.34. The first kappa shape index (κ1) is 30.5. The molecule has 0 saturated heterocycles. The highest BCUT2D eigenvalue weighted by Gasteiger charge is 2.17. The van der Waals surface area contributed by atoms with Crippen molar-refractivity contribution in [2.45, 2.75) is 0 Å². The van der Waals surface area contributed by atoms with Crippen LogP contribution in [0.3, 0.4) is 0 Å². The van der Waals surface area contributed by atoms with E-state index in [4.69, 9.17) is 4.42 Å². The standard InChI is InChI=1S/C52H33NO/c1-3-10-44-35(8-1)18-19-40-32-39(25-31-46(40)44)34-20-26-41(27-21-34)53(43-30-24-38-17-16-36-9-2-4-11-45(36)50(38)33-43)42-28-22-37(23-29-42)47-13-7-14-49-48-12-5-6-15-51(48)54-52(47)49/h1-33H. The quantitative estimate of drug-likeness (QED) is 0.168. The molecule has 0 bridgehead atoms. The lowest BCUT2D eigenvalue weighted by Gasteiger charge is -2.26. The van der Waals surface area contributed by atoms with Crippen molar-refractivity contribution in [2.75, 3.05) is 4.90 Å². The molecule has 2 heteroatoms. The third kappa shape index (κ3) is 4.96. The van der Waals surface area contributed by atoms with Gasteiger partial charge < -0.3 is 9.32 Å². The van der Waals surface area contributed by atoms with Gasteiger partial charge >= 0.3 is 0 Å². The second-order valence-corrected chi connectivity index (χ2v) is 14.1. The molecule has 11 rings (SSSR count). The third-order valence-electron chi connectivity index (χ3n) is 11.0. The van der Waals surface area contributed by atoms with Crippen molar-refractivity contribution in [3.05, 3.63) is 200 Å². The Balaban J connectivity index is 1.02. The summed E-state index contributed by atoms with van der Waals surface area (Å²) in [4.78, 5) is 2.36. The van der Waals surface area contributed by atoms with Gasteiger partial charge in [-0.3, -0.25) is 0 Å². The van der Waals surface area contributed by atoms with E-state index in [1.54, 1.807) is 0 Å². The second-order valence-electron chi connectivity index (χ2n) is 14.1. The lowest BCUT2D eigenvalue weighted by Crippen LogP contribution is -2.09. The Morgan fingerprint density at radius 3 is 1.56 bits per heavy atom. The molecule has 2 nitrogen and oxygen atoms in total. The van der Waals surface area contributed by atoms with E-state index in [2.05, 4.69) is 193 Å². The zero-order valence-corrected chi connectivity index (χ0v) is 29.4. The van der Waals surface area contributed by atoms with Crippen LogP contribution in [0.1, 0.15) is 0 Å². The van der Waals surface area contributed by atoms with Crippen LogP contribution in [0.2, 0.25) is 0 Å².